The third kappa shape index (κ3) is 6.02. The van der Waals surface area contributed by atoms with Crippen LogP contribution in [-0.4, -0.2) is 42.0 Å². The van der Waals surface area contributed by atoms with Crippen molar-refractivity contribution in [1.29, 1.82) is 0 Å². The molecule has 162 valence electrons. The fourth-order valence-corrected chi connectivity index (χ4v) is 2.99. The molecule has 1 unspecified atom stereocenters. The number of unbranched alkanes of at least 4 members (excludes halogenated alkanes) is 1. The fourth-order valence-electron chi connectivity index (χ4n) is 2.99. The van der Waals surface area contributed by atoms with Crippen molar-refractivity contribution in [3.8, 4) is 5.75 Å². The van der Waals surface area contributed by atoms with Gasteiger partial charge in [0, 0.05) is 11.8 Å². The molecule has 0 radical (unpaired) electrons. The number of aliphatic carboxylic acids is 1. The molecule has 0 spiro atoms. The Hall–Kier alpha value is -3.45. The molecule has 1 aliphatic rings. The summed E-state index contributed by atoms with van der Waals surface area (Å²) in [5, 5.41) is 12.5. The molecule has 0 bridgehead atoms. The van der Waals surface area contributed by atoms with Gasteiger partial charge in [0.05, 0.1) is 25.5 Å². The topological polar surface area (TPSA) is 97.2 Å². The van der Waals surface area contributed by atoms with Gasteiger partial charge in [-0.3, -0.25) is 9.79 Å². The number of rotatable bonds is 10. The van der Waals surface area contributed by atoms with Crippen molar-refractivity contribution < 1.29 is 24.2 Å². The van der Waals surface area contributed by atoms with Crippen LogP contribution < -0.4 is 10.1 Å². The van der Waals surface area contributed by atoms with Gasteiger partial charge in [0.2, 0.25) is 5.60 Å². The van der Waals surface area contributed by atoms with Crippen molar-refractivity contribution in [3.05, 3.63) is 77.5 Å². The minimum atomic E-state index is -1.65. The lowest BCUT2D eigenvalue weighted by molar-refractivity contribution is -0.159. The van der Waals surface area contributed by atoms with E-state index in [0.29, 0.717) is 17.9 Å². The first kappa shape index (κ1) is 22.2. The molecule has 0 fully saturated rings. The number of carboxylic acids is 1. The van der Waals surface area contributed by atoms with E-state index in [1.54, 1.807) is 24.3 Å². The van der Waals surface area contributed by atoms with Crippen LogP contribution in [0.25, 0.3) is 0 Å². The Morgan fingerprint density at radius 2 is 1.87 bits per heavy atom. The van der Waals surface area contributed by atoms with Crippen LogP contribution >= 0.6 is 0 Å². The summed E-state index contributed by atoms with van der Waals surface area (Å²) in [7, 11) is 0. The van der Waals surface area contributed by atoms with Crippen molar-refractivity contribution in [1.82, 2.24) is 5.32 Å². The SMILES string of the molecule is CCCCOc1ccc(C(=O)NC2=CC(OCc3ccccc3)(C(=O)O)CN=C2)cc1. The van der Waals surface area contributed by atoms with E-state index < -0.39 is 11.6 Å². The number of hydrogen-bond donors (Lipinski definition) is 2. The maximum absolute atomic E-state index is 12.6. The summed E-state index contributed by atoms with van der Waals surface area (Å²) in [6.45, 7) is 2.76. The molecule has 1 amide bonds. The lowest BCUT2D eigenvalue weighted by atomic mass is 10.00. The van der Waals surface area contributed by atoms with E-state index in [-0.39, 0.29) is 24.8 Å². The number of carboxylic acid groups (broad SMARTS) is 1. The summed E-state index contributed by atoms with van der Waals surface area (Å²) in [5.41, 5.74) is -0.105. The summed E-state index contributed by atoms with van der Waals surface area (Å²) in [4.78, 5) is 28.7. The van der Waals surface area contributed by atoms with Crippen LogP contribution in [0, 0.1) is 0 Å². The summed E-state index contributed by atoms with van der Waals surface area (Å²) in [6, 6.07) is 16.1. The lowest BCUT2D eigenvalue weighted by Gasteiger charge is -2.28. The second-order valence-electron chi connectivity index (χ2n) is 7.22. The van der Waals surface area contributed by atoms with Gasteiger partial charge in [-0.1, -0.05) is 43.7 Å². The highest BCUT2D eigenvalue weighted by Gasteiger charge is 2.40. The normalized spacial score (nSPS) is 17.6. The Kier molecular flexibility index (Phi) is 7.56. The Labute approximate surface area is 181 Å². The monoisotopic (exact) mass is 422 g/mol. The smallest absolute Gasteiger partial charge is 0.342 e. The molecule has 7 nitrogen and oxygen atoms in total. The number of allylic oxidation sites excluding steroid dienone is 1. The quantitative estimate of drug-likeness (QED) is 0.570. The minimum Gasteiger partial charge on any atom is -0.494 e. The first-order valence-electron chi connectivity index (χ1n) is 10.2. The first-order chi connectivity index (χ1) is 15.0. The molecule has 3 rings (SSSR count). The predicted octanol–water partition coefficient (Wildman–Crippen LogP) is 3.60. The second kappa shape index (κ2) is 10.5. The van der Waals surface area contributed by atoms with E-state index in [0.717, 1.165) is 18.4 Å². The summed E-state index contributed by atoms with van der Waals surface area (Å²) >= 11 is 0. The van der Waals surface area contributed by atoms with Gasteiger partial charge in [-0.05, 0) is 42.3 Å². The largest absolute Gasteiger partial charge is 0.494 e. The summed E-state index contributed by atoms with van der Waals surface area (Å²) in [5.74, 6) is -0.842. The van der Waals surface area contributed by atoms with Crippen molar-refractivity contribution >= 4 is 18.1 Å². The van der Waals surface area contributed by atoms with Crippen LogP contribution in [0.4, 0.5) is 0 Å². The van der Waals surface area contributed by atoms with Crippen molar-refractivity contribution in [2.24, 2.45) is 4.99 Å². The zero-order valence-corrected chi connectivity index (χ0v) is 17.4. The fraction of sp³-hybridized carbons (Fsp3) is 0.292. The Bertz CT molecular complexity index is 954. The maximum atomic E-state index is 12.6. The second-order valence-corrected chi connectivity index (χ2v) is 7.22. The minimum absolute atomic E-state index is 0.0711. The Morgan fingerprint density at radius 3 is 2.55 bits per heavy atom. The van der Waals surface area contributed by atoms with E-state index in [4.69, 9.17) is 9.47 Å². The highest BCUT2D eigenvalue weighted by molar-refractivity contribution is 6.00. The van der Waals surface area contributed by atoms with Crippen molar-refractivity contribution in [3.63, 3.8) is 0 Å². The van der Waals surface area contributed by atoms with Gasteiger partial charge in [-0.2, -0.15) is 0 Å². The standard InChI is InChI=1S/C24H26N2O5/c1-2-3-13-30-21-11-9-19(10-12-21)22(27)26-20-14-24(23(28)29,17-25-15-20)31-16-18-7-5-4-6-8-18/h4-12,14-15H,2-3,13,16-17H2,1H3,(H,26,27)(H,28,29). The van der Waals surface area contributed by atoms with Crippen LogP contribution in [0.1, 0.15) is 35.7 Å². The van der Waals surface area contributed by atoms with Gasteiger partial charge in [0.1, 0.15) is 5.75 Å². The molecule has 1 aliphatic heterocycles. The molecule has 2 N–H and O–H groups in total. The van der Waals surface area contributed by atoms with E-state index in [2.05, 4.69) is 17.2 Å². The van der Waals surface area contributed by atoms with Gasteiger partial charge < -0.3 is 19.9 Å². The zero-order valence-electron chi connectivity index (χ0n) is 17.4. The average Bonchev–Trinajstić information content (AvgIpc) is 2.79. The van der Waals surface area contributed by atoms with Gasteiger partial charge in [-0.15, -0.1) is 0 Å². The number of carbonyl (C=O) groups excluding carboxylic acids is 1. The molecule has 0 saturated heterocycles. The number of nitrogens with zero attached hydrogens (tertiary/aromatic N) is 1. The van der Waals surface area contributed by atoms with E-state index in [9.17, 15) is 14.7 Å². The highest BCUT2D eigenvalue weighted by Crippen LogP contribution is 2.22. The van der Waals surface area contributed by atoms with Crippen LogP contribution in [-0.2, 0) is 16.1 Å². The molecule has 0 saturated carbocycles. The average molecular weight is 422 g/mol. The van der Waals surface area contributed by atoms with Crippen LogP contribution in [0.15, 0.2) is 71.4 Å². The molecule has 7 heteroatoms. The number of amides is 1. The number of dihydropyridines is 1. The van der Waals surface area contributed by atoms with E-state index >= 15 is 0 Å². The Balaban J connectivity index is 1.67. The molecular weight excluding hydrogens is 396 g/mol. The number of ether oxygens (including phenoxy) is 2. The van der Waals surface area contributed by atoms with E-state index in [1.165, 1.54) is 12.3 Å². The molecular formula is C24H26N2O5. The number of aliphatic imine (C=N–C) groups is 1. The van der Waals surface area contributed by atoms with Crippen molar-refractivity contribution in [2.75, 3.05) is 13.2 Å². The number of nitrogens with one attached hydrogen (secondary N) is 1. The molecule has 1 heterocycles. The van der Waals surface area contributed by atoms with E-state index in [1.807, 2.05) is 30.3 Å². The number of benzene rings is 2. The van der Waals surface area contributed by atoms with Crippen molar-refractivity contribution in [2.45, 2.75) is 32.0 Å². The van der Waals surface area contributed by atoms with Crippen LogP contribution in [0.5, 0.6) is 5.75 Å². The van der Waals surface area contributed by atoms with Gasteiger partial charge in [0.25, 0.3) is 5.91 Å². The molecule has 2 aromatic rings. The molecule has 0 aliphatic carbocycles. The molecule has 2 aromatic carbocycles. The summed E-state index contributed by atoms with van der Waals surface area (Å²) in [6.07, 6.45) is 4.84. The third-order valence-corrected chi connectivity index (χ3v) is 4.79. The van der Waals surface area contributed by atoms with Gasteiger partial charge in [0.15, 0.2) is 0 Å². The number of carbonyl (C=O) groups is 2. The molecule has 1 atom stereocenters. The lowest BCUT2D eigenvalue weighted by Crippen LogP contribution is -2.46. The highest BCUT2D eigenvalue weighted by atomic mass is 16.5. The molecule has 31 heavy (non-hydrogen) atoms. The first-order valence-corrected chi connectivity index (χ1v) is 10.2. The third-order valence-electron chi connectivity index (χ3n) is 4.79. The summed E-state index contributed by atoms with van der Waals surface area (Å²) < 4.78 is 11.3. The van der Waals surface area contributed by atoms with Crippen LogP contribution in [0.3, 0.4) is 0 Å². The van der Waals surface area contributed by atoms with Crippen LogP contribution in [0.2, 0.25) is 0 Å². The predicted molar refractivity (Wildman–Crippen MR) is 117 cm³/mol. The van der Waals surface area contributed by atoms with Gasteiger partial charge in [-0.25, -0.2) is 4.79 Å². The molecule has 0 aromatic heterocycles. The zero-order chi connectivity index (χ0) is 22.1. The maximum Gasteiger partial charge on any atom is 0.342 e. The van der Waals surface area contributed by atoms with Gasteiger partial charge >= 0.3 is 5.97 Å². The Morgan fingerprint density at radius 1 is 1.13 bits per heavy atom. The number of hydrogen-bond acceptors (Lipinski definition) is 5.